The normalized spacial score (nSPS) is 11.9. The molecule has 0 saturated heterocycles. The second-order valence-corrected chi connectivity index (χ2v) is 6.90. The molecule has 1 amide bonds. The Hall–Kier alpha value is -2.84. The highest BCUT2D eigenvalue weighted by Crippen LogP contribution is 2.20. The van der Waals surface area contributed by atoms with Crippen molar-refractivity contribution in [3.63, 3.8) is 0 Å². The van der Waals surface area contributed by atoms with Gasteiger partial charge in [-0.3, -0.25) is 4.79 Å². The highest BCUT2D eigenvalue weighted by atomic mass is 16.5. The molecule has 0 heterocycles. The van der Waals surface area contributed by atoms with Gasteiger partial charge in [0, 0.05) is 19.6 Å². The van der Waals surface area contributed by atoms with Crippen LogP contribution in [0, 0.1) is 17.2 Å². The molecule has 2 rings (SSSR count). The van der Waals surface area contributed by atoms with Crippen LogP contribution in [0.15, 0.2) is 54.6 Å². The Morgan fingerprint density at radius 1 is 1.15 bits per heavy atom. The monoisotopic (exact) mass is 365 g/mol. The van der Waals surface area contributed by atoms with Gasteiger partial charge in [0.2, 0.25) is 0 Å². The van der Waals surface area contributed by atoms with Crippen LogP contribution in [-0.2, 0) is 11.3 Å². The first-order valence-electron chi connectivity index (χ1n) is 9.17. The molecule has 0 bridgehead atoms. The van der Waals surface area contributed by atoms with Gasteiger partial charge in [-0.1, -0.05) is 56.3 Å². The predicted octanol–water partition coefficient (Wildman–Crippen LogP) is 3.21. The molecule has 2 aromatic rings. The quantitative estimate of drug-likeness (QED) is 0.741. The van der Waals surface area contributed by atoms with E-state index in [1.165, 1.54) is 5.56 Å². The average molecular weight is 365 g/mol. The highest BCUT2D eigenvalue weighted by Gasteiger charge is 2.25. The molecule has 1 atom stereocenters. The Kier molecular flexibility index (Phi) is 7.84. The molecule has 5 nitrogen and oxygen atoms in total. The van der Waals surface area contributed by atoms with Crippen LogP contribution >= 0.6 is 0 Å². The summed E-state index contributed by atoms with van der Waals surface area (Å²) in [6.45, 7) is 5.97. The first-order valence-corrected chi connectivity index (χ1v) is 9.17. The van der Waals surface area contributed by atoms with Crippen molar-refractivity contribution in [1.82, 2.24) is 10.2 Å². The van der Waals surface area contributed by atoms with Crippen LogP contribution in [0.2, 0.25) is 0 Å². The van der Waals surface area contributed by atoms with E-state index in [0.717, 1.165) is 13.1 Å². The van der Waals surface area contributed by atoms with E-state index >= 15 is 0 Å². The van der Waals surface area contributed by atoms with Gasteiger partial charge in [-0.25, -0.2) is 0 Å². The molecule has 1 unspecified atom stereocenters. The van der Waals surface area contributed by atoms with E-state index in [9.17, 15) is 10.1 Å². The van der Waals surface area contributed by atoms with E-state index in [-0.39, 0.29) is 11.8 Å². The van der Waals surface area contributed by atoms with Gasteiger partial charge in [0.15, 0.2) is 6.10 Å². The summed E-state index contributed by atoms with van der Waals surface area (Å²) >= 11 is 0. The SMILES string of the molecule is CC(C)C(Oc1ccccc1C#N)C(=O)NCCN(C)Cc1ccccc1. The van der Waals surface area contributed by atoms with Crippen LogP contribution in [0.4, 0.5) is 0 Å². The molecule has 2 aromatic carbocycles. The lowest BCUT2D eigenvalue weighted by atomic mass is 10.1. The number of benzene rings is 2. The van der Waals surface area contributed by atoms with Crippen LogP contribution < -0.4 is 10.1 Å². The van der Waals surface area contributed by atoms with Crippen molar-refractivity contribution in [2.45, 2.75) is 26.5 Å². The molecule has 1 N–H and O–H groups in total. The van der Waals surface area contributed by atoms with Crippen molar-refractivity contribution in [1.29, 1.82) is 5.26 Å². The number of hydrogen-bond donors (Lipinski definition) is 1. The maximum absolute atomic E-state index is 12.6. The number of amides is 1. The van der Waals surface area contributed by atoms with Gasteiger partial charge in [0.05, 0.1) is 5.56 Å². The fourth-order valence-electron chi connectivity index (χ4n) is 2.74. The molecule has 142 valence electrons. The molecule has 0 aliphatic rings. The molecule has 0 saturated carbocycles. The third-order valence-corrected chi connectivity index (χ3v) is 4.21. The molecule has 5 heteroatoms. The summed E-state index contributed by atoms with van der Waals surface area (Å²) in [5.41, 5.74) is 1.67. The van der Waals surface area contributed by atoms with E-state index in [1.54, 1.807) is 24.3 Å². The number of nitrogens with one attached hydrogen (secondary N) is 1. The Morgan fingerprint density at radius 3 is 2.48 bits per heavy atom. The van der Waals surface area contributed by atoms with Gasteiger partial charge in [-0.2, -0.15) is 5.26 Å². The number of rotatable bonds is 9. The minimum Gasteiger partial charge on any atom is -0.479 e. The molecule has 27 heavy (non-hydrogen) atoms. The van der Waals surface area contributed by atoms with Crippen molar-refractivity contribution in [3.05, 3.63) is 65.7 Å². The summed E-state index contributed by atoms with van der Waals surface area (Å²) in [5, 5.41) is 12.1. The molecular weight excluding hydrogens is 338 g/mol. The molecule has 0 spiro atoms. The van der Waals surface area contributed by atoms with Crippen LogP contribution in [-0.4, -0.2) is 37.0 Å². The van der Waals surface area contributed by atoms with Crippen molar-refractivity contribution < 1.29 is 9.53 Å². The minimum atomic E-state index is -0.640. The van der Waals surface area contributed by atoms with Crippen LogP contribution in [0.25, 0.3) is 0 Å². The van der Waals surface area contributed by atoms with E-state index < -0.39 is 6.10 Å². The lowest BCUT2D eigenvalue weighted by Gasteiger charge is -2.23. The summed E-state index contributed by atoms with van der Waals surface area (Å²) in [6, 6.07) is 19.3. The van der Waals surface area contributed by atoms with Crippen molar-refractivity contribution >= 4 is 5.91 Å². The Labute approximate surface area is 161 Å². The molecular formula is C22H27N3O2. The number of para-hydroxylation sites is 1. The summed E-state index contributed by atoms with van der Waals surface area (Å²) in [5.74, 6) is 0.264. The Morgan fingerprint density at radius 2 is 1.81 bits per heavy atom. The standard InChI is InChI=1S/C22H27N3O2/c1-17(2)21(27-20-12-8-7-11-19(20)15-23)22(26)24-13-14-25(3)16-18-9-5-4-6-10-18/h4-12,17,21H,13-14,16H2,1-3H3,(H,24,26). The van der Waals surface area contributed by atoms with Crippen molar-refractivity contribution in [3.8, 4) is 11.8 Å². The van der Waals surface area contributed by atoms with E-state index in [4.69, 9.17) is 4.74 Å². The van der Waals surface area contributed by atoms with E-state index in [1.807, 2.05) is 39.1 Å². The lowest BCUT2D eigenvalue weighted by molar-refractivity contribution is -0.129. The van der Waals surface area contributed by atoms with Crippen LogP contribution in [0.1, 0.15) is 25.0 Å². The maximum Gasteiger partial charge on any atom is 0.261 e. The largest absolute Gasteiger partial charge is 0.479 e. The molecule has 0 aromatic heterocycles. The third kappa shape index (κ3) is 6.43. The number of nitrogens with zero attached hydrogens (tertiary/aromatic N) is 2. The van der Waals surface area contributed by atoms with Crippen LogP contribution in [0.5, 0.6) is 5.75 Å². The fraction of sp³-hybridized carbons (Fsp3) is 0.364. The summed E-state index contributed by atoms with van der Waals surface area (Å²) in [4.78, 5) is 14.7. The number of carbonyl (C=O) groups excluding carboxylic acids is 1. The summed E-state index contributed by atoms with van der Waals surface area (Å²) in [6.07, 6.45) is -0.640. The van der Waals surface area contributed by atoms with Crippen LogP contribution in [0.3, 0.4) is 0 Å². The number of nitriles is 1. The summed E-state index contributed by atoms with van der Waals surface area (Å²) in [7, 11) is 2.03. The van der Waals surface area contributed by atoms with Gasteiger partial charge < -0.3 is 15.0 Å². The second-order valence-electron chi connectivity index (χ2n) is 6.90. The average Bonchev–Trinajstić information content (AvgIpc) is 2.66. The fourth-order valence-corrected chi connectivity index (χ4v) is 2.74. The number of carbonyl (C=O) groups is 1. The zero-order valence-corrected chi connectivity index (χ0v) is 16.2. The second kappa shape index (κ2) is 10.3. The predicted molar refractivity (Wildman–Crippen MR) is 106 cm³/mol. The lowest BCUT2D eigenvalue weighted by Crippen LogP contribution is -2.44. The zero-order chi connectivity index (χ0) is 19.6. The topological polar surface area (TPSA) is 65.4 Å². The number of hydrogen-bond acceptors (Lipinski definition) is 4. The molecule has 0 aliphatic heterocycles. The van der Waals surface area contributed by atoms with E-state index in [0.29, 0.717) is 17.9 Å². The molecule has 0 aliphatic carbocycles. The van der Waals surface area contributed by atoms with Crippen molar-refractivity contribution in [2.75, 3.05) is 20.1 Å². The van der Waals surface area contributed by atoms with Gasteiger partial charge >= 0.3 is 0 Å². The highest BCUT2D eigenvalue weighted by molar-refractivity contribution is 5.81. The molecule has 0 radical (unpaired) electrons. The van der Waals surface area contributed by atoms with Gasteiger partial charge in [-0.05, 0) is 30.7 Å². The van der Waals surface area contributed by atoms with E-state index in [2.05, 4.69) is 28.4 Å². The first kappa shape index (κ1) is 20.5. The van der Waals surface area contributed by atoms with Gasteiger partial charge in [-0.15, -0.1) is 0 Å². The van der Waals surface area contributed by atoms with Crippen molar-refractivity contribution in [2.24, 2.45) is 5.92 Å². The number of likely N-dealkylation sites (N-methyl/N-ethyl adjacent to an activating group) is 1. The smallest absolute Gasteiger partial charge is 0.261 e. The molecule has 0 fully saturated rings. The van der Waals surface area contributed by atoms with Gasteiger partial charge in [0.25, 0.3) is 5.91 Å². The number of ether oxygens (including phenoxy) is 1. The van der Waals surface area contributed by atoms with Gasteiger partial charge in [0.1, 0.15) is 11.8 Å². The minimum absolute atomic E-state index is 0.0150. The first-order chi connectivity index (χ1) is 13.0. The third-order valence-electron chi connectivity index (χ3n) is 4.21. The Bertz CT molecular complexity index is 769. The Balaban J connectivity index is 1.87. The zero-order valence-electron chi connectivity index (χ0n) is 16.2. The maximum atomic E-state index is 12.6. The summed E-state index contributed by atoms with van der Waals surface area (Å²) < 4.78 is 5.86.